The molecule has 1 aromatic carbocycles. The Morgan fingerprint density at radius 2 is 2.20 bits per heavy atom. The van der Waals surface area contributed by atoms with Gasteiger partial charge in [-0.15, -0.1) is 0 Å². The highest BCUT2D eigenvalue weighted by molar-refractivity contribution is 7.98. The fourth-order valence-electron chi connectivity index (χ4n) is 1.93. The van der Waals surface area contributed by atoms with E-state index in [1.165, 1.54) is 12.1 Å². The number of nitro benzene ring substituents is 1. The number of halogens is 1. The van der Waals surface area contributed by atoms with Crippen molar-refractivity contribution >= 4 is 35.0 Å². The molecule has 0 aliphatic heterocycles. The molecule has 20 heavy (non-hydrogen) atoms. The monoisotopic (exact) mass is 316 g/mol. The molecular formula is C13H17ClN2O3S. The molecule has 0 heterocycles. The Morgan fingerprint density at radius 3 is 2.70 bits per heavy atom. The molecule has 1 aromatic rings. The Hall–Kier alpha value is -1.27. The number of hydrogen-bond acceptors (Lipinski definition) is 4. The van der Waals surface area contributed by atoms with Crippen LogP contribution in [-0.4, -0.2) is 40.8 Å². The minimum absolute atomic E-state index is 0.0211. The molecule has 1 amide bonds. The van der Waals surface area contributed by atoms with Crippen molar-refractivity contribution in [2.75, 3.05) is 19.1 Å². The zero-order valence-corrected chi connectivity index (χ0v) is 13.2. The van der Waals surface area contributed by atoms with Gasteiger partial charge in [0.2, 0.25) is 0 Å². The first-order valence-corrected chi connectivity index (χ1v) is 7.90. The minimum atomic E-state index is -0.612. The van der Waals surface area contributed by atoms with Gasteiger partial charge < -0.3 is 4.90 Å². The van der Waals surface area contributed by atoms with E-state index in [1.54, 1.807) is 29.8 Å². The van der Waals surface area contributed by atoms with Crippen molar-refractivity contribution in [3.8, 4) is 0 Å². The molecule has 0 spiro atoms. The quantitative estimate of drug-likeness (QED) is 0.595. The van der Waals surface area contributed by atoms with Crippen LogP contribution in [0.4, 0.5) is 5.69 Å². The van der Waals surface area contributed by atoms with E-state index in [2.05, 4.69) is 0 Å². The van der Waals surface area contributed by atoms with Crippen LogP contribution in [0.15, 0.2) is 18.2 Å². The second-order valence-corrected chi connectivity index (χ2v) is 5.64. The van der Waals surface area contributed by atoms with Gasteiger partial charge in [0.1, 0.15) is 10.6 Å². The normalized spacial score (nSPS) is 12.0. The predicted molar refractivity (Wildman–Crippen MR) is 82.7 cm³/mol. The van der Waals surface area contributed by atoms with Crippen LogP contribution in [-0.2, 0) is 0 Å². The molecule has 1 unspecified atom stereocenters. The molecule has 0 bridgehead atoms. The smallest absolute Gasteiger partial charge is 0.300 e. The summed E-state index contributed by atoms with van der Waals surface area (Å²) < 4.78 is 0. The number of hydrogen-bond donors (Lipinski definition) is 0. The Balaban J connectivity index is 3.15. The largest absolute Gasteiger partial charge is 0.338 e. The second kappa shape index (κ2) is 7.50. The Bertz CT molecular complexity index is 510. The molecule has 0 saturated carbocycles. The summed E-state index contributed by atoms with van der Waals surface area (Å²) in [4.78, 5) is 24.5. The van der Waals surface area contributed by atoms with Crippen LogP contribution >= 0.6 is 23.4 Å². The molecule has 0 radical (unpaired) electrons. The summed E-state index contributed by atoms with van der Waals surface area (Å²) in [5.74, 6) is 0.410. The number of nitrogens with zero attached hydrogens (tertiary/aromatic N) is 2. The van der Waals surface area contributed by atoms with Gasteiger partial charge in [-0.1, -0.05) is 24.6 Å². The first-order chi connectivity index (χ1) is 9.43. The van der Waals surface area contributed by atoms with E-state index in [1.807, 2.05) is 13.2 Å². The summed E-state index contributed by atoms with van der Waals surface area (Å²) in [5.41, 5.74) is -0.297. The number of thioether (sulfide) groups is 1. The molecule has 1 atom stereocenters. The lowest BCUT2D eigenvalue weighted by molar-refractivity contribution is -0.385. The zero-order chi connectivity index (χ0) is 15.3. The lowest BCUT2D eigenvalue weighted by Crippen LogP contribution is -2.38. The topological polar surface area (TPSA) is 63.5 Å². The van der Waals surface area contributed by atoms with E-state index < -0.39 is 4.92 Å². The first-order valence-electron chi connectivity index (χ1n) is 6.13. The molecule has 0 aliphatic rings. The van der Waals surface area contributed by atoms with Gasteiger partial charge >= 0.3 is 5.69 Å². The van der Waals surface area contributed by atoms with E-state index in [4.69, 9.17) is 11.6 Å². The molecule has 0 N–H and O–H groups in total. The third kappa shape index (κ3) is 3.64. The van der Waals surface area contributed by atoms with Gasteiger partial charge in [-0.25, -0.2) is 0 Å². The van der Waals surface area contributed by atoms with Gasteiger partial charge in [-0.2, -0.15) is 11.8 Å². The molecular weight excluding hydrogens is 300 g/mol. The number of rotatable bonds is 6. The SMILES string of the molecule is CCC(CSC)N(C)C(=O)c1cccc(Cl)c1[N+](=O)[O-]. The fourth-order valence-corrected chi connectivity index (χ4v) is 3.01. The van der Waals surface area contributed by atoms with E-state index in [9.17, 15) is 14.9 Å². The van der Waals surface area contributed by atoms with Crippen LogP contribution < -0.4 is 0 Å². The van der Waals surface area contributed by atoms with Gasteiger partial charge in [-0.05, 0) is 24.8 Å². The average molecular weight is 317 g/mol. The van der Waals surface area contributed by atoms with E-state index in [0.717, 1.165) is 12.2 Å². The maximum Gasteiger partial charge on any atom is 0.300 e. The Labute approximate surface area is 127 Å². The third-order valence-corrected chi connectivity index (χ3v) is 4.12. The van der Waals surface area contributed by atoms with Gasteiger partial charge in [0.25, 0.3) is 5.91 Å². The number of carbonyl (C=O) groups excluding carboxylic acids is 1. The maximum atomic E-state index is 12.5. The lowest BCUT2D eigenvalue weighted by Gasteiger charge is -2.26. The summed E-state index contributed by atoms with van der Waals surface area (Å²) >= 11 is 7.47. The second-order valence-electron chi connectivity index (χ2n) is 4.33. The van der Waals surface area contributed by atoms with Gasteiger partial charge in [-0.3, -0.25) is 14.9 Å². The van der Waals surface area contributed by atoms with Crippen molar-refractivity contribution in [1.82, 2.24) is 4.90 Å². The third-order valence-electron chi connectivity index (χ3n) is 3.10. The Kier molecular flexibility index (Phi) is 6.29. The van der Waals surface area contributed by atoms with E-state index in [-0.39, 0.29) is 28.2 Å². The first kappa shape index (κ1) is 16.8. The highest BCUT2D eigenvalue weighted by Crippen LogP contribution is 2.29. The highest BCUT2D eigenvalue weighted by Gasteiger charge is 2.28. The van der Waals surface area contributed by atoms with E-state index in [0.29, 0.717) is 0 Å². The van der Waals surface area contributed by atoms with Gasteiger partial charge in [0.05, 0.1) is 4.92 Å². The molecule has 7 heteroatoms. The number of carbonyl (C=O) groups is 1. The predicted octanol–water partition coefficient (Wildman–Crippen LogP) is 3.46. The highest BCUT2D eigenvalue weighted by atomic mass is 35.5. The van der Waals surface area contributed by atoms with Crippen LogP contribution in [0.1, 0.15) is 23.7 Å². The van der Waals surface area contributed by atoms with Crippen molar-refractivity contribution in [3.63, 3.8) is 0 Å². The average Bonchev–Trinajstić information content (AvgIpc) is 2.42. The molecule has 0 saturated heterocycles. The molecule has 5 nitrogen and oxygen atoms in total. The standard InChI is InChI=1S/C13H17ClN2O3S/c1-4-9(8-20-3)15(2)13(17)10-6-5-7-11(14)12(10)16(18)19/h5-7,9H,4,8H2,1-3H3. The van der Waals surface area contributed by atoms with Crippen LogP contribution in [0, 0.1) is 10.1 Å². The number of benzene rings is 1. The number of amides is 1. The lowest BCUT2D eigenvalue weighted by atomic mass is 10.1. The molecule has 0 aromatic heterocycles. The Morgan fingerprint density at radius 1 is 1.55 bits per heavy atom. The van der Waals surface area contributed by atoms with Gasteiger partial charge in [0.15, 0.2) is 0 Å². The maximum absolute atomic E-state index is 12.5. The van der Waals surface area contributed by atoms with Gasteiger partial charge in [0, 0.05) is 18.8 Å². The van der Waals surface area contributed by atoms with Crippen LogP contribution in [0.2, 0.25) is 5.02 Å². The summed E-state index contributed by atoms with van der Waals surface area (Å²) in [6, 6.07) is 4.44. The molecule has 0 fully saturated rings. The van der Waals surface area contributed by atoms with Crippen molar-refractivity contribution in [1.29, 1.82) is 0 Å². The zero-order valence-electron chi connectivity index (χ0n) is 11.6. The number of nitro groups is 1. The fraction of sp³-hybridized carbons (Fsp3) is 0.462. The summed E-state index contributed by atoms with van der Waals surface area (Å²) in [6.07, 6.45) is 2.75. The summed E-state index contributed by atoms with van der Waals surface area (Å²) in [5, 5.41) is 11.1. The summed E-state index contributed by atoms with van der Waals surface area (Å²) in [7, 11) is 1.66. The minimum Gasteiger partial charge on any atom is -0.338 e. The van der Waals surface area contributed by atoms with Crippen molar-refractivity contribution < 1.29 is 9.72 Å². The molecule has 110 valence electrons. The number of para-hydroxylation sites is 1. The molecule has 0 aliphatic carbocycles. The summed E-state index contributed by atoms with van der Waals surface area (Å²) in [6.45, 7) is 1.98. The van der Waals surface area contributed by atoms with Crippen LogP contribution in [0.5, 0.6) is 0 Å². The van der Waals surface area contributed by atoms with Crippen molar-refractivity contribution in [3.05, 3.63) is 38.9 Å². The van der Waals surface area contributed by atoms with Crippen LogP contribution in [0.25, 0.3) is 0 Å². The molecule has 1 rings (SSSR count). The van der Waals surface area contributed by atoms with Crippen molar-refractivity contribution in [2.45, 2.75) is 19.4 Å². The van der Waals surface area contributed by atoms with Crippen molar-refractivity contribution in [2.24, 2.45) is 0 Å². The van der Waals surface area contributed by atoms with E-state index >= 15 is 0 Å². The van der Waals surface area contributed by atoms with Crippen LogP contribution in [0.3, 0.4) is 0 Å².